The minimum Gasteiger partial charge on any atom is -0.444 e. The predicted molar refractivity (Wildman–Crippen MR) is 143 cm³/mol. The van der Waals surface area contributed by atoms with Crippen molar-refractivity contribution in [1.29, 1.82) is 0 Å². The Morgan fingerprint density at radius 1 is 1.08 bits per heavy atom. The molecule has 2 aliphatic heterocycles. The van der Waals surface area contributed by atoms with Gasteiger partial charge in [0.05, 0.1) is 0 Å². The van der Waals surface area contributed by atoms with Crippen molar-refractivity contribution in [3.05, 3.63) is 47.2 Å². The number of anilines is 1. The number of rotatable bonds is 4. The van der Waals surface area contributed by atoms with E-state index in [1.807, 2.05) is 56.0 Å². The number of amides is 2. The molecule has 1 atom stereocenters. The SMILES string of the molecule is CN1CCN(C(=O)c2ccc(-c3cnc(Cl)cc3N3CCC[C@H](NC(=O)OC(C)(C)C)C3)cc2)CC1. The van der Waals surface area contributed by atoms with Crippen LogP contribution in [0.25, 0.3) is 11.1 Å². The first-order chi connectivity index (χ1) is 17.1. The van der Waals surface area contributed by atoms with E-state index in [9.17, 15) is 9.59 Å². The number of alkyl carbamates (subject to hydrolysis) is 1. The number of hydrogen-bond donors (Lipinski definition) is 1. The molecular weight excluding hydrogens is 478 g/mol. The molecule has 1 aromatic heterocycles. The van der Waals surface area contributed by atoms with Gasteiger partial charge in [-0.05, 0) is 64.4 Å². The Morgan fingerprint density at radius 2 is 1.78 bits per heavy atom. The Kier molecular flexibility index (Phi) is 8.05. The van der Waals surface area contributed by atoms with Crippen LogP contribution in [0.1, 0.15) is 44.0 Å². The van der Waals surface area contributed by atoms with Gasteiger partial charge in [-0.1, -0.05) is 23.7 Å². The monoisotopic (exact) mass is 513 g/mol. The average molecular weight is 514 g/mol. The van der Waals surface area contributed by atoms with E-state index < -0.39 is 11.7 Å². The number of carbonyl (C=O) groups is 2. The largest absolute Gasteiger partial charge is 0.444 e. The third-order valence-corrected chi connectivity index (χ3v) is 6.77. The van der Waals surface area contributed by atoms with Gasteiger partial charge in [0.2, 0.25) is 0 Å². The van der Waals surface area contributed by atoms with Gasteiger partial charge in [0.25, 0.3) is 5.91 Å². The van der Waals surface area contributed by atoms with Gasteiger partial charge in [0, 0.05) is 68.3 Å². The van der Waals surface area contributed by atoms with Gasteiger partial charge in [-0.2, -0.15) is 0 Å². The van der Waals surface area contributed by atoms with E-state index in [-0.39, 0.29) is 11.9 Å². The normalized spacial score (nSPS) is 19.2. The topological polar surface area (TPSA) is 78.0 Å². The Bertz CT molecular complexity index is 1080. The van der Waals surface area contributed by atoms with E-state index >= 15 is 0 Å². The molecule has 4 rings (SSSR count). The zero-order valence-corrected chi connectivity index (χ0v) is 22.3. The molecular formula is C27H36ClN5O3. The van der Waals surface area contributed by atoms with Gasteiger partial charge in [0.1, 0.15) is 10.8 Å². The molecule has 0 bridgehead atoms. The number of halogens is 1. The molecule has 0 unspecified atom stereocenters. The van der Waals surface area contributed by atoms with E-state index in [1.165, 1.54) is 0 Å². The fourth-order valence-electron chi connectivity index (χ4n) is 4.68. The molecule has 0 saturated carbocycles. The number of aromatic nitrogens is 1. The number of benzene rings is 1. The molecule has 2 aromatic rings. The number of carbonyl (C=O) groups excluding carboxylic acids is 2. The lowest BCUT2D eigenvalue weighted by molar-refractivity contribution is 0.0499. The van der Waals surface area contributed by atoms with Crippen LogP contribution in [0.3, 0.4) is 0 Å². The van der Waals surface area contributed by atoms with E-state index in [0.717, 1.165) is 62.4 Å². The van der Waals surface area contributed by atoms with E-state index in [2.05, 4.69) is 27.1 Å². The standard InChI is InChI=1S/C27H36ClN5O3/c1-27(2,3)36-26(35)30-21-6-5-11-33(18-21)23-16-24(28)29-17-22(23)19-7-9-20(10-8-19)25(34)32-14-12-31(4)13-15-32/h7-10,16-17,21H,5-6,11-15,18H2,1-4H3,(H,30,35)/t21-/m0/s1. The molecule has 8 nitrogen and oxygen atoms in total. The number of ether oxygens (including phenoxy) is 1. The lowest BCUT2D eigenvalue weighted by Crippen LogP contribution is -2.49. The highest BCUT2D eigenvalue weighted by atomic mass is 35.5. The molecule has 1 N–H and O–H groups in total. The molecule has 0 radical (unpaired) electrons. The Morgan fingerprint density at radius 3 is 2.44 bits per heavy atom. The highest BCUT2D eigenvalue weighted by Gasteiger charge is 2.26. The minimum atomic E-state index is -0.540. The van der Waals surface area contributed by atoms with Crippen LogP contribution in [0, 0.1) is 0 Å². The second-order valence-corrected chi connectivity index (χ2v) is 11.0. The molecule has 194 valence electrons. The molecule has 2 fully saturated rings. The smallest absolute Gasteiger partial charge is 0.407 e. The summed E-state index contributed by atoms with van der Waals surface area (Å²) in [4.78, 5) is 36.0. The van der Waals surface area contributed by atoms with Gasteiger partial charge in [-0.25, -0.2) is 9.78 Å². The minimum absolute atomic E-state index is 0.0306. The van der Waals surface area contributed by atoms with Crippen LogP contribution in [0.2, 0.25) is 5.15 Å². The zero-order valence-electron chi connectivity index (χ0n) is 21.6. The quantitative estimate of drug-likeness (QED) is 0.615. The average Bonchev–Trinajstić information content (AvgIpc) is 2.83. The van der Waals surface area contributed by atoms with E-state index in [1.54, 1.807) is 6.20 Å². The van der Waals surface area contributed by atoms with Crippen LogP contribution in [0.4, 0.5) is 10.5 Å². The first kappa shape index (κ1) is 26.2. The molecule has 2 aliphatic rings. The number of nitrogens with one attached hydrogen (secondary N) is 1. The maximum Gasteiger partial charge on any atom is 0.407 e. The third kappa shape index (κ3) is 6.68. The van der Waals surface area contributed by atoms with Crippen LogP contribution in [0.15, 0.2) is 36.5 Å². The van der Waals surface area contributed by atoms with Crippen molar-refractivity contribution in [3.8, 4) is 11.1 Å². The Hall–Kier alpha value is -2.84. The molecule has 1 aromatic carbocycles. The number of pyridine rings is 1. The highest BCUT2D eigenvalue weighted by molar-refractivity contribution is 6.29. The van der Waals surface area contributed by atoms with E-state index in [4.69, 9.17) is 16.3 Å². The first-order valence-electron chi connectivity index (χ1n) is 12.6. The van der Waals surface area contributed by atoms with Gasteiger partial charge >= 0.3 is 6.09 Å². The molecule has 36 heavy (non-hydrogen) atoms. The number of likely N-dealkylation sites (N-methyl/N-ethyl adjacent to an activating group) is 1. The summed E-state index contributed by atoms with van der Waals surface area (Å²) >= 11 is 6.30. The van der Waals surface area contributed by atoms with Crippen molar-refractivity contribution in [2.24, 2.45) is 0 Å². The van der Waals surface area contributed by atoms with Crippen LogP contribution in [-0.4, -0.2) is 84.7 Å². The van der Waals surface area contributed by atoms with Crippen LogP contribution >= 0.6 is 11.6 Å². The van der Waals surface area contributed by atoms with Crippen molar-refractivity contribution >= 4 is 29.3 Å². The zero-order chi connectivity index (χ0) is 25.9. The lowest BCUT2D eigenvalue weighted by Gasteiger charge is -2.36. The summed E-state index contributed by atoms with van der Waals surface area (Å²) in [7, 11) is 2.08. The summed E-state index contributed by atoms with van der Waals surface area (Å²) in [5, 5.41) is 3.42. The van der Waals surface area contributed by atoms with Gasteiger partial charge in [0.15, 0.2) is 0 Å². The van der Waals surface area contributed by atoms with Crippen molar-refractivity contribution < 1.29 is 14.3 Å². The summed E-state index contributed by atoms with van der Waals surface area (Å²) in [6.07, 6.45) is 3.19. The fraction of sp³-hybridized carbons (Fsp3) is 0.519. The van der Waals surface area contributed by atoms with E-state index in [0.29, 0.717) is 17.3 Å². The number of hydrogen-bond acceptors (Lipinski definition) is 6. The van der Waals surface area contributed by atoms with Crippen LogP contribution < -0.4 is 10.2 Å². The molecule has 0 spiro atoms. The van der Waals surface area contributed by atoms with Crippen molar-refractivity contribution in [2.45, 2.75) is 45.3 Å². The summed E-state index contributed by atoms with van der Waals surface area (Å²) in [5.41, 5.74) is 3.01. The molecule has 2 saturated heterocycles. The maximum atomic E-state index is 12.9. The van der Waals surface area contributed by atoms with Crippen LogP contribution in [-0.2, 0) is 4.74 Å². The first-order valence-corrected chi connectivity index (χ1v) is 12.9. The fourth-order valence-corrected chi connectivity index (χ4v) is 4.83. The van der Waals surface area contributed by atoms with Crippen molar-refractivity contribution in [3.63, 3.8) is 0 Å². The third-order valence-electron chi connectivity index (χ3n) is 6.57. The number of nitrogens with zero attached hydrogens (tertiary/aromatic N) is 4. The molecule has 0 aliphatic carbocycles. The van der Waals surface area contributed by atoms with Gasteiger partial charge < -0.3 is 24.8 Å². The Labute approximate surface area is 218 Å². The summed E-state index contributed by atoms with van der Waals surface area (Å²) in [5.74, 6) is 0.0659. The summed E-state index contributed by atoms with van der Waals surface area (Å²) in [6, 6.07) is 9.55. The van der Waals surface area contributed by atoms with Crippen molar-refractivity contribution in [2.75, 3.05) is 51.2 Å². The Balaban J connectivity index is 1.49. The summed E-state index contributed by atoms with van der Waals surface area (Å²) < 4.78 is 5.44. The molecule has 9 heteroatoms. The molecule has 2 amide bonds. The maximum absolute atomic E-state index is 12.9. The van der Waals surface area contributed by atoms with Crippen LogP contribution in [0.5, 0.6) is 0 Å². The second-order valence-electron chi connectivity index (χ2n) is 10.6. The van der Waals surface area contributed by atoms with Gasteiger partial charge in [-0.3, -0.25) is 4.79 Å². The highest BCUT2D eigenvalue weighted by Crippen LogP contribution is 2.34. The van der Waals surface area contributed by atoms with Gasteiger partial charge in [-0.15, -0.1) is 0 Å². The lowest BCUT2D eigenvalue weighted by atomic mass is 10.00. The number of piperidine rings is 1. The van der Waals surface area contributed by atoms with Crippen molar-refractivity contribution in [1.82, 2.24) is 20.1 Å². The second kappa shape index (κ2) is 11.0. The predicted octanol–water partition coefficient (Wildman–Crippen LogP) is 4.28. The molecule has 3 heterocycles. The number of piperazine rings is 1. The summed E-state index contributed by atoms with van der Waals surface area (Å²) in [6.45, 7) is 10.3.